The van der Waals surface area contributed by atoms with Gasteiger partial charge in [0.25, 0.3) is 0 Å². The van der Waals surface area contributed by atoms with Crippen LogP contribution < -0.4 is 29.2 Å². The summed E-state index contributed by atoms with van der Waals surface area (Å²) in [7, 11) is -1.66. The fraction of sp³-hybridized carbons (Fsp3) is 0.103. The van der Waals surface area contributed by atoms with Crippen molar-refractivity contribution in [1.82, 2.24) is 0 Å². The zero-order valence-electron chi connectivity index (χ0n) is 19.2. The van der Waals surface area contributed by atoms with Crippen LogP contribution in [0.25, 0.3) is 11.1 Å². The van der Waals surface area contributed by atoms with Gasteiger partial charge in [0.05, 0.1) is 0 Å². The van der Waals surface area contributed by atoms with Crippen LogP contribution in [0.2, 0.25) is 5.76 Å². The van der Waals surface area contributed by atoms with Gasteiger partial charge in [0.15, 0.2) is 0 Å². The molecule has 0 unspecified atom stereocenters. The Balaban J connectivity index is 0.00000171. The van der Waals surface area contributed by atoms with Crippen molar-refractivity contribution in [3.8, 4) is 0 Å². The summed E-state index contributed by atoms with van der Waals surface area (Å²) in [6, 6.07) is 25.0. The predicted octanol–water partition coefficient (Wildman–Crippen LogP) is 1.16. The molecule has 3 aromatic rings. The van der Waals surface area contributed by atoms with Crippen molar-refractivity contribution in [3.05, 3.63) is 132 Å². The first-order valence-corrected chi connectivity index (χ1v) is 24.2. The molecule has 0 fully saturated rings. The summed E-state index contributed by atoms with van der Waals surface area (Å²) in [6.45, 7) is 0. The van der Waals surface area contributed by atoms with Crippen LogP contribution in [0.3, 0.4) is 0 Å². The topological polar surface area (TPSA) is 0 Å². The molecule has 0 atom stereocenters. The minimum absolute atomic E-state index is 0. The zero-order valence-corrected chi connectivity index (χ0v) is 25.3. The third kappa shape index (κ3) is 6.08. The van der Waals surface area contributed by atoms with Crippen molar-refractivity contribution in [2.75, 3.05) is 0 Å². The van der Waals surface area contributed by atoms with Gasteiger partial charge in [0.2, 0.25) is 0 Å². The van der Waals surface area contributed by atoms with E-state index in [2.05, 4.69) is 60.4 Å². The van der Waals surface area contributed by atoms with E-state index in [0.29, 0.717) is 0 Å². The second-order valence-electron chi connectivity index (χ2n) is 8.38. The Morgan fingerprint density at radius 2 is 1.14 bits per heavy atom. The maximum Gasteiger partial charge on any atom is -1.00 e. The Morgan fingerprint density at radius 1 is 0.657 bits per heavy atom. The standard InChI is InChI=1S/2C11H8F.C7H8Ge.2ClH.Zr/c2*12-11-7-3-6-10(8-11)9-4-1-2-5-9;1-8-7-5-3-2-4-6-7;;;/h2*1,3-4,6-8H,2H2;2-6H,1H3;2*1H;/q;;;;;+2/p-2. The fourth-order valence-electron chi connectivity index (χ4n) is 4.80. The molecule has 0 radical (unpaired) electrons. The Labute approximate surface area is 227 Å². The number of rotatable bonds is 5. The molecule has 35 heavy (non-hydrogen) atoms. The van der Waals surface area contributed by atoms with Crippen LogP contribution in [0, 0.1) is 11.6 Å². The summed E-state index contributed by atoms with van der Waals surface area (Å²) >= 11 is -2.37. The van der Waals surface area contributed by atoms with Gasteiger partial charge in [-0.3, -0.25) is 0 Å². The van der Waals surface area contributed by atoms with Gasteiger partial charge in [-0.05, 0) is 0 Å². The smallest absolute Gasteiger partial charge is 1.00 e. The second kappa shape index (κ2) is 12.6. The molecular weight excluding hydrogens is 621 g/mol. The van der Waals surface area contributed by atoms with Gasteiger partial charge in [-0.25, -0.2) is 0 Å². The van der Waals surface area contributed by atoms with E-state index < -0.39 is 28.6 Å². The Bertz CT molecular complexity index is 1310. The monoisotopic (exact) mass is 644 g/mol. The summed E-state index contributed by atoms with van der Waals surface area (Å²) in [5.41, 5.74) is 4.42. The van der Waals surface area contributed by atoms with Crippen LogP contribution in [0.5, 0.6) is 0 Å². The molecule has 0 heterocycles. The van der Waals surface area contributed by atoms with Crippen molar-refractivity contribution >= 4 is 25.5 Å². The van der Waals surface area contributed by atoms with E-state index in [1.807, 2.05) is 12.1 Å². The molecule has 0 saturated heterocycles. The number of halogens is 4. The van der Waals surface area contributed by atoms with Crippen LogP contribution >= 0.6 is 0 Å². The molecule has 2 aliphatic carbocycles. The molecule has 3 aromatic carbocycles. The average Bonchev–Trinajstić information content (AvgIpc) is 3.50. The summed E-state index contributed by atoms with van der Waals surface area (Å²) in [4.78, 5) is 0. The minimum Gasteiger partial charge on any atom is -1.00 e. The average molecular weight is 645 g/mol. The van der Waals surface area contributed by atoms with Crippen LogP contribution in [0.4, 0.5) is 8.78 Å². The fourth-order valence-corrected chi connectivity index (χ4v) is 36.9. The minimum atomic E-state index is -2.37. The van der Waals surface area contributed by atoms with Crippen LogP contribution in [0.1, 0.15) is 24.0 Å². The van der Waals surface area contributed by atoms with Crippen molar-refractivity contribution in [2.45, 2.75) is 18.6 Å². The van der Waals surface area contributed by atoms with Crippen molar-refractivity contribution in [2.24, 2.45) is 0 Å². The van der Waals surface area contributed by atoms with Crippen LogP contribution in [-0.2, 0) is 18.6 Å². The molecule has 5 rings (SSSR count). The summed E-state index contributed by atoms with van der Waals surface area (Å²) in [6.07, 6.45) is 10.8. The quantitative estimate of drug-likeness (QED) is 0.366. The van der Waals surface area contributed by atoms with Gasteiger partial charge in [-0.1, -0.05) is 0 Å². The van der Waals surface area contributed by atoms with Gasteiger partial charge in [-0.15, -0.1) is 0 Å². The SMILES string of the molecule is [CH3][Ge]([c]1ccccc1)=[Zr+2]([C]1=C(c2cccc(F)c2)C=CC1)[C]1=C(c2cccc(F)c2)C=CC1.[Cl-].[Cl-]. The maximum atomic E-state index is 14.1. The third-order valence-electron chi connectivity index (χ3n) is 6.32. The molecule has 6 heteroatoms. The Hall–Kier alpha value is -1.51. The number of benzene rings is 3. The Morgan fingerprint density at radius 3 is 1.60 bits per heavy atom. The van der Waals surface area contributed by atoms with Crippen LogP contribution in [-0.4, -0.2) is 9.98 Å². The molecule has 0 N–H and O–H groups in total. The maximum absolute atomic E-state index is 14.1. The molecule has 0 aliphatic heterocycles. The molecule has 176 valence electrons. The molecule has 0 nitrogen and oxygen atoms in total. The number of hydrogen-bond acceptors (Lipinski definition) is 0. The molecule has 0 spiro atoms. The number of hydrogen-bond donors (Lipinski definition) is 0. The van der Waals surface area contributed by atoms with E-state index in [9.17, 15) is 8.78 Å². The van der Waals surface area contributed by atoms with Gasteiger partial charge < -0.3 is 24.8 Å². The zero-order chi connectivity index (χ0) is 22.8. The number of allylic oxidation sites excluding steroid dienone is 8. The van der Waals surface area contributed by atoms with Gasteiger partial charge in [0, 0.05) is 0 Å². The normalized spacial score (nSPS) is 13.9. The first-order valence-electron chi connectivity index (χ1n) is 11.2. The third-order valence-corrected chi connectivity index (χ3v) is 36.5. The summed E-state index contributed by atoms with van der Waals surface area (Å²) < 4.78 is 32.9. The largest absolute Gasteiger partial charge is 1.00 e. The molecule has 0 aromatic heterocycles. The second-order valence-corrected chi connectivity index (χ2v) is 32.8. The van der Waals surface area contributed by atoms with Gasteiger partial charge >= 0.3 is 204 Å². The molecule has 0 amide bonds. The first-order chi connectivity index (χ1) is 16.1. The van der Waals surface area contributed by atoms with Crippen molar-refractivity contribution in [1.29, 1.82) is 0 Å². The van der Waals surface area contributed by atoms with E-state index in [-0.39, 0.29) is 36.4 Å². The predicted molar refractivity (Wildman–Crippen MR) is 132 cm³/mol. The van der Waals surface area contributed by atoms with Gasteiger partial charge in [-0.2, -0.15) is 0 Å². The van der Waals surface area contributed by atoms with Gasteiger partial charge in [0.1, 0.15) is 0 Å². The van der Waals surface area contributed by atoms with E-state index in [1.54, 1.807) is 30.8 Å². The van der Waals surface area contributed by atoms with E-state index in [0.717, 1.165) is 24.0 Å². The molecular formula is C29H24Cl2F2GeZr. The summed E-state index contributed by atoms with van der Waals surface area (Å²) in [5.74, 6) is 2.14. The van der Waals surface area contributed by atoms with Crippen molar-refractivity contribution < 1.29 is 52.2 Å². The van der Waals surface area contributed by atoms with E-state index >= 15 is 0 Å². The van der Waals surface area contributed by atoms with Crippen molar-refractivity contribution in [3.63, 3.8) is 0 Å². The first kappa shape index (κ1) is 28.1. The molecule has 0 saturated carbocycles. The van der Waals surface area contributed by atoms with Crippen LogP contribution in [0.15, 0.2) is 110 Å². The summed E-state index contributed by atoms with van der Waals surface area (Å²) in [5, 5.41) is 0. The van der Waals surface area contributed by atoms with E-state index in [4.69, 9.17) is 0 Å². The molecule has 0 bridgehead atoms. The van der Waals surface area contributed by atoms with E-state index in [1.165, 1.54) is 27.7 Å². The molecule has 2 aliphatic rings. The Kier molecular flexibility index (Phi) is 10.1.